The first-order valence-corrected chi connectivity index (χ1v) is 51.6. The van der Waals surface area contributed by atoms with Crippen LogP contribution in [0.5, 0.6) is 0 Å². The van der Waals surface area contributed by atoms with E-state index in [1.807, 2.05) is 27.7 Å². The molecule has 4 saturated carbocycles. The zero-order valence-corrected chi connectivity index (χ0v) is 86.3. The van der Waals surface area contributed by atoms with Crippen LogP contribution in [0.15, 0.2) is 60.3 Å². The van der Waals surface area contributed by atoms with Crippen LogP contribution < -0.4 is 0 Å². The van der Waals surface area contributed by atoms with Crippen molar-refractivity contribution < 1.29 is 237 Å². The largest absolute Gasteiger partial charge is 0.458 e. The highest BCUT2D eigenvalue weighted by atomic mass is 16.8. The van der Waals surface area contributed by atoms with Crippen LogP contribution in [-0.4, -0.2) is 473 Å². The van der Waals surface area contributed by atoms with Crippen LogP contribution in [0, 0.1) is 50.2 Å². The van der Waals surface area contributed by atoms with Gasteiger partial charge in [-0.3, -0.25) is 4.79 Å². The fourth-order valence-electron chi connectivity index (χ4n) is 25.4. The Morgan fingerprint density at radius 3 is 1.43 bits per heavy atom. The summed E-state index contributed by atoms with van der Waals surface area (Å²) < 4.78 is 122. The molecule has 9 saturated heterocycles. The minimum absolute atomic E-state index is 0.0127. The van der Waals surface area contributed by atoms with Gasteiger partial charge in [-0.1, -0.05) is 84.4 Å². The molecular formula is C101H160O48. The Hall–Kier alpha value is -4.57. The van der Waals surface area contributed by atoms with Crippen LogP contribution in [0.2, 0.25) is 0 Å². The Bertz CT molecular complexity index is 4610. The first-order valence-electron chi connectivity index (χ1n) is 51.6. The summed E-state index contributed by atoms with van der Waals surface area (Å²) in [6, 6.07) is 0. The molecule has 0 aromatic heterocycles. The second-order valence-corrected chi connectivity index (χ2v) is 45.7. The van der Waals surface area contributed by atoms with Crippen LogP contribution in [0.3, 0.4) is 0 Å². The summed E-state index contributed by atoms with van der Waals surface area (Å²) >= 11 is 0. The third-order valence-corrected chi connectivity index (χ3v) is 35.3. The molecule has 54 atom stereocenters. The average molecular weight is 2140 g/mol. The van der Waals surface area contributed by atoms with E-state index in [1.54, 1.807) is 26.0 Å². The molecule has 25 N–H and O–H groups in total. The highest BCUT2D eigenvalue weighted by molar-refractivity contribution is 5.88. The maximum absolute atomic E-state index is 16.8. The Labute approximate surface area is 862 Å². The van der Waals surface area contributed by atoms with E-state index >= 15 is 9.59 Å². The van der Waals surface area contributed by atoms with Gasteiger partial charge in [0.05, 0.1) is 81.4 Å². The molecule has 149 heavy (non-hydrogen) atoms. The lowest BCUT2D eigenvalue weighted by molar-refractivity contribution is -0.390. The second-order valence-electron chi connectivity index (χ2n) is 45.7. The number of carbonyl (C=O) groups excluding carboxylic acids is 3. The highest BCUT2D eigenvalue weighted by Crippen LogP contribution is 2.77. The lowest BCUT2D eigenvalue weighted by atomic mass is 9.33. The van der Waals surface area contributed by atoms with E-state index in [4.69, 9.17) is 94.7 Å². The van der Waals surface area contributed by atoms with E-state index in [0.29, 0.717) is 32.1 Å². The summed E-state index contributed by atoms with van der Waals surface area (Å²) in [5.41, 5.74) is -7.98. The summed E-state index contributed by atoms with van der Waals surface area (Å²) in [4.78, 5) is 45.6. The summed E-state index contributed by atoms with van der Waals surface area (Å²) in [5.74, 6) is -4.33. The molecule has 0 radical (unpaired) electrons. The lowest BCUT2D eigenvalue weighted by Gasteiger charge is -2.72. The first-order chi connectivity index (χ1) is 69.8. The van der Waals surface area contributed by atoms with Gasteiger partial charge in [0, 0.05) is 23.0 Å². The Morgan fingerprint density at radius 2 is 0.852 bits per heavy atom. The molecule has 5 aliphatic carbocycles. The number of hydrogen-bond donors (Lipinski definition) is 25. The monoisotopic (exact) mass is 2140 g/mol. The molecule has 48 nitrogen and oxygen atoms in total. The number of hydrogen-bond acceptors (Lipinski definition) is 48. The number of esters is 3. The number of carbonyl (C=O) groups is 3. The van der Waals surface area contributed by atoms with Crippen molar-refractivity contribution in [2.75, 3.05) is 39.6 Å². The summed E-state index contributed by atoms with van der Waals surface area (Å²) in [7, 11) is 0. The molecule has 9 aliphatic heterocycles. The van der Waals surface area contributed by atoms with E-state index < -0.39 is 390 Å². The SMILES string of the molecule is C=C[C@@](C)(CC/C=C(\C)C(=O)O[C@H]1[C@H](O)[C@@H](O)[C@H](O[C@](C)(C=C)CC/C=C(\C)C(=O)O[C@@H]2C[C@]3(C(=O)O[C@@H]4O[C@H](CO)[C@@H](O)[C@H](O)[C@H]4O[C@@H]4O[C@@H](C)[C@H](O[C@@H]5O[C@@H](CO)[C@H](O)[C@H]5O)[C@@H](O[C@@H]5O[C@H](CO)[C@@H](O)[C@H](O)[C@H]5O)[C@H]4O)[C@H](O)C[C@]4(C)C(=CC[C@@H]5[C@]6(C)CC[C@@H](O[C@@H]7O[C@H](CO[C@@H]8OC[C@H](O)[C@H](O)[C@H]8O[C@@H]8OC[C@@H](O)[C@H](O)[C@H]8O)[C@@H](O)[C@H](O)[C@H]7O)C(C)(C)[C@H]6CC[C@]54C)[C@H]3CC2(C)C)O[C@@H]1C)O[C@@H]1O[C@H](C)[C@@H](O)[C@H](O)[C@H]1O. The number of rotatable bonds is 34. The molecule has 13 fully saturated rings. The molecular weight excluding hydrogens is 1980 g/mol. The minimum Gasteiger partial charge on any atom is -0.458 e. The third-order valence-electron chi connectivity index (χ3n) is 35.3. The van der Waals surface area contributed by atoms with E-state index in [-0.39, 0.29) is 61.5 Å². The zero-order chi connectivity index (χ0) is 110. The maximum Gasteiger partial charge on any atom is 0.333 e. The van der Waals surface area contributed by atoms with Gasteiger partial charge in [0.25, 0.3) is 0 Å². The summed E-state index contributed by atoms with van der Waals surface area (Å²) in [6.07, 6.45) is -66.0. The molecule has 0 spiro atoms. The van der Waals surface area contributed by atoms with E-state index in [9.17, 15) is 132 Å². The van der Waals surface area contributed by atoms with Crippen molar-refractivity contribution in [2.45, 2.75) is 462 Å². The topological polar surface area (TPSA) is 742 Å². The quantitative estimate of drug-likeness (QED) is 0.00939. The predicted octanol–water partition coefficient (Wildman–Crippen LogP) is -5.54. The Balaban J connectivity index is 0.709. The summed E-state index contributed by atoms with van der Waals surface area (Å²) in [5, 5.41) is 279. The zero-order valence-electron chi connectivity index (χ0n) is 86.3. The number of aliphatic hydroxyl groups is 25. The van der Waals surface area contributed by atoms with Crippen LogP contribution in [0.25, 0.3) is 0 Å². The maximum atomic E-state index is 16.8. The number of fused-ring (bicyclic) bond motifs is 7. The molecule has 0 aromatic carbocycles. The van der Waals surface area contributed by atoms with Gasteiger partial charge in [-0.2, -0.15) is 0 Å². The number of ether oxygens (including phenoxy) is 20. The van der Waals surface area contributed by atoms with Crippen molar-refractivity contribution in [1.29, 1.82) is 0 Å². The predicted molar refractivity (Wildman–Crippen MR) is 502 cm³/mol. The van der Waals surface area contributed by atoms with Gasteiger partial charge in [-0.25, -0.2) is 9.59 Å². The summed E-state index contributed by atoms with van der Waals surface area (Å²) in [6.45, 7) is 28.3. The van der Waals surface area contributed by atoms with Crippen molar-refractivity contribution in [3.8, 4) is 0 Å². The third kappa shape index (κ3) is 23.2. The normalized spacial score (nSPS) is 49.4. The molecule has 0 bridgehead atoms. The van der Waals surface area contributed by atoms with Crippen LogP contribution in [0.1, 0.15) is 174 Å². The van der Waals surface area contributed by atoms with E-state index in [0.717, 1.165) is 5.57 Å². The molecule has 0 unspecified atom stereocenters. The van der Waals surface area contributed by atoms with Crippen molar-refractivity contribution in [3.05, 3.63) is 60.3 Å². The smallest absolute Gasteiger partial charge is 0.333 e. The minimum atomic E-state index is -2.28. The number of allylic oxidation sites excluding steroid dienone is 4. The van der Waals surface area contributed by atoms with Gasteiger partial charge in [0.1, 0.15) is 182 Å². The van der Waals surface area contributed by atoms with Gasteiger partial charge >= 0.3 is 17.9 Å². The van der Waals surface area contributed by atoms with Gasteiger partial charge in [-0.15, -0.1) is 13.2 Å². The van der Waals surface area contributed by atoms with Gasteiger partial charge in [0.15, 0.2) is 62.5 Å². The molecule has 0 aromatic rings. The molecule has 852 valence electrons. The van der Waals surface area contributed by atoms with Gasteiger partial charge in [-0.05, 0) is 159 Å². The second kappa shape index (κ2) is 47.1. The molecule has 9 heterocycles. The van der Waals surface area contributed by atoms with Gasteiger partial charge < -0.3 is 222 Å². The Morgan fingerprint density at radius 1 is 0.416 bits per heavy atom. The van der Waals surface area contributed by atoms with Crippen LogP contribution >= 0.6 is 0 Å². The van der Waals surface area contributed by atoms with Crippen molar-refractivity contribution >= 4 is 17.9 Å². The van der Waals surface area contributed by atoms with Crippen molar-refractivity contribution in [3.63, 3.8) is 0 Å². The van der Waals surface area contributed by atoms with Crippen LogP contribution in [-0.2, 0) is 109 Å². The molecule has 0 amide bonds. The van der Waals surface area contributed by atoms with Gasteiger partial charge in [0.2, 0.25) is 6.29 Å². The van der Waals surface area contributed by atoms with Crippen LogP contribution in [0.4, 0.5) is 0 Å². The van der Waals surface area contributed by atoms with Crippen molar-refractivity contribution in [2.24, 2.45) is 50.2 Å². The Kier molecular flexibility index (Phi) is 37.9. The number of aliphatic hydroxyl groups excluding tert-OH is 25. The lowest BCUT2D eigenvalue weighted by Crippen LogP contribution is -2.70. The fraction of sp³-hybridized carbons (Fsp3) is 0.871. The first kappa shape index (κ1) is 120. The average Bonchev–Trinajstić information content (AvgIpc) is 0.788. The molecule has 14 rings (SSSR count). The fourth-order valence-corrected chi connectivity index (χ4v) is 25.4. The highest BCUT2D eigenvalue weighted by Gasteiger charge is 2.74. The van der Waals surface area contributed by atoms with E-state index in [2.05, 4.69) is 40.0 Å². The standard InChI is InChI=1S/C101H160O48/c1-17-96(12,148-89-74(124)65(115)58(108)42(5)133-89)28-20-22-41(4)83(128)142-77-43(6)135-90(75(125)69(77)119)149-97(13,18-2)27-19-21-40(3)82(127)140-57-33-101(93(129)147-92-81(68(118)62(112)50(35-103)138-92)146-88-76(126)79(144-87-73(123)66(116)61(111)49(34-102)136-87)78(44(7)134-88)143-86-71(121)63(113)51(36-104)137-86)46(31-94(57,8)9)45-23-24-54-98(14)29-26-56(95(10,11)53(98)25-30-99(54,15)100(45,16)32-55(101)107)141-85-72(122)67(117)64(114)52(139-85)39-132-91-80(60(110)48(106)38-131-91)145-84-70(120)59(109)47(105)37-130-84/h17-18,21-23,42-44,46-81,84-92,102-126H,1-2,19-20,24-39H2,3-16H3/b40-21+,41-22+/t42-,43-,44+,46-,47-,48+,49-,50-,51+,52-,53-,54-,55-,56-,57-,58-,59+,60+,61-,62-,63+,64-,65+,66+,67+,68+,69-,70-,71-,72-,73-,74-,75-,76-,77-,78+,79+,80-,81-,84+,85+,86+,87+,88+,89+,90+,91+,92+,96+,97-,98-,99-,100-,101-/m1/s1. The van der Waals surface area contributed by atoms with Crippen molar-refractivity contribution in [1.82, 2.24) is 0 Å². The van der Waals surface area contributed by atoms with E-state index in [1.165, 1.54) is 46.8 Å². The molecule has 48 heteroatoms. The molecule has 14 aliphatic rings.